The molecule has 0 heterocycles. The molecule has 3 rings (SSSR count). The Morgan fingerprint density at radius 3 is 2.33 bits per heavy atom. The van der Waals surface area contributed by atoms with Gasteiger partial charge in [-0.15, -0.1) is 0 Å². The van der Waals surface area contributed by atoms with Crippen LogP contribution in [-0.4, -0.2) is 28.3 Å². The summed E-state index contributed by atoms with van der Waals surface area (Å²) in [6, 6.07) is 17.1. The van der Waals surface area contributed by atoms with E-state index in [0.717, 1.165) is 4.31 Å². The number of amides is 3. The first-order valence-electron chi connectivity index (χ1n) is 9.53. The van der Waals surface area contributed by atoms with Crippen LogP contribution in [-0.2, 0) is 4.79 Å². The van der Waals surface area contributed by atoms with Crippen molar-refractivity contribution in [1.29, 1.82) is 0 Å². The first-order chi connectivity index (χ1) is 15.8. The lowest BCUT2D eigenvalue weighted by Gasteiger charge is -2.26. The largest absolute Gasteiger partial charge is 0.496 e. The van der Waals surface area contributed by atoms with E-state index in [4.69, 9.17) is 16.3 Å². The molecular weight excluding hydrogens is 468 g/mol. The van der Waals surface area contributed by atoms with E-state index in [2.05, 4.69) is 23.4 Å². The van der Waals surface area contributed by atoms with Gasteiger partial charge in [0, 0.05) is 0 Å². The highest BCUT2D eigenvalue weighted by molar-refractivity contribution is 7.78. The van der Waals surface area contributed by atoms with Crippen molar-refractivity contribution in [3.05, 3.63) is 93.5 Å². The Labute approximate surface area is 200 Å². The van der Waals surface area contributed by atoms with Gasteiger partial charge in [0.25, 0.3) is 11.6 Å². The molecule has 0 radical (unpaired) electrons. The number of methoxy groups -OCH3 is 1. The van der Waals surface area contributed by atoms with Gasteiger partial charge in [-0.25, -0.2) is 4.79 Å². The zero-order valence-corrected chi connectivity index (χ0v) is 18.9. The van der Waals surface area contributed by atoms with Crippen molar-refractivity contribution < 1.29 is 19.2 Å². The molecule has 3 aromatic carbocycles. The molecule has 1 unspecified atom stereocenters. The van der Waals surface area contributed by atoms with E-state index >= 15 is 0 Å². The number of anilines is 2. The number of carbonyl (C=O) groups is 2. The molecule has 0 fully saturated rings. The highest BCUT2D eigenvalue weighted by Crippen LogP contribution is 2.31. The Morgan fingerprint density at radius 1 is 1.03 bits per heavy atom. The third-order valence-electron chi connectivity index (χ3n) is 4.59. The van der Waals surface area contributed by atoms with Crippen LogP contribution < -0.4 is 15.4 Å². The number of carbonyl (C=O) groups excluding carboxylic acids is 2. The number of nitrogens with one attached hydrogen (secondary N) is 2. The Kier molecular flexibility index (Phi) is 7.75. The van der Waals surface area contributed by atoms with Crippen molar-refractivity contribution in [2.45, 2.75) is 6.04 Å². The molecule has 3 aromatic rings. The summed E-state index contributed by atoms with van der Waals surface area (Å²) in [4.78, 5) is 36.9. The average Bonchev–Trinajstić information content (AvgIpc) is 2.81. The number of nitro groups is 1. The fraction of sp³-hybridized carbons (Fsp3) is 0.0909. The van der Waals surface area contributed by atoms with E-state index in [0.29, 0.717) is 16.3 Å². The van der Waals surface area contributed by atoms with Gasteiger partial charge in [-0.3, -0.25) is 19.2 Å². The fourth-order valence-corrected chi connectivity index (χ4v) is 3.46. The number of nitro benzene ring substituents is 1. The number of hydrogen-bond acceptors (Lipinski definition) is 6. The maximum atomic E-state index is 13.2. The van der Waals surface area contributed by atoms with Crippen LogP contribution in [0.25, 0.3) is 0 Å². The fourth-order valence-electron chi connectivity index (χ4n) is 2.99. The molecule has 3 amide bonds. The van der Waals surface area contributed by atoms with Crippen molar-refractivity contribution >= 4 is 53.4 Å². The monoisotopic (exact) mass is 486 g/mol. The predicted molar refractivity (Wildman–Crippen MR) is 129 cm³/mol. The Balaban J connectivity index is 1.90. The van der Waals surface area contributed by atoms with Gasteiger partial charge in [-0.05, 0) is 29.8 Å². The molecule has 0 saturated carbocycles. The molecule has 1 atom stereocenters. The van der Waals surface area contributed by atoms with Gasteiger partial charge >= 0.3 is 6.03 Å². The van der Waals surface area contributed by atoms with E-state index in [9.17, 15) is 19.7 Å². The molecule has 33 heavy (non-hydrogen) atoms. The standard InChI is InChI=1S/C22H19ClN4O5S/c1-32-15-11-12-18(19(13-15)27(30)31)25-22(29)26(33)20(14-7-3-2-4-8-14)21(28)24-17-10-6-5-9-16(17)23/h2-13,20,33H,1H3,(H,24,28)(H,25,29). The summed E-state index contributed by atoms with van der Waals surface area (Å²) in [5.41, 5.74) is 0.374. The van der Waals surface area contributed by atoms with Gasteiger partial charge in [0.1, 0.15) is 17.5 Å². The van der Waals surface area contributed by atoms with Crippen LogP contribution in [0.5, 0.6) is 5.75 Å². The number of hydrogen-bond donors (Lipinski definition) is 3. The van der Waals surface area contributed by atoms with Crippen molar-refractivity contribution in [2.75, 3.05) is 17.7 Å². The topological polar surface area (TPSA) is 114 Å². The van der Waals surface area contributed by atoms with Gasteiger partial charge in [-0.2, -0.15) is 0 Å². The number of thiol groups is 1. The van der Waals surface area contributed by atoms with E-state index in [1.165, 1.54) is 25.3 Å². The van der Waals surface area contributed by atoms with E-state index in [1.54, 1.807) is 54.6 Å². The number of para-hydroxylation sites is 1. The maximum absolute atomic E-state index is 13.2. The van der Waals surface area contributed by atoms with Crippen LogP contribution in [0.15, 0.2) is 72.8 Å². The number of nitrogens with zero attached hydrogens (tertiary/aromatic N) is 2. The molecule has 0 saturated heterocycles. The van der Waals surface area contributed by atoms with Gasteiger partial charge in [0.05, 0.1) is 28.8 Å². The molecule has 0 aliphatic heterocycles. The van der Waals surface area contributed by atoms with Crippen LogP contribution in [0.2, 0.25) is 5.02 Å². The summed E-state index contributed by atoms with van der Waals surface area (Å²) >= 11 is 10.4. The van der Waals surface area contributed by atoms with Crippen LogP contribution in [0.3, 0.4) is 0 Å². The van der Waals surface area contributed by atoms with Gasteiger partial charge < -0.3 is 15.4 Å². The second kappa shape index (κ2) is 10.7. The second-order valence-electron chi connectivity index (χ2n) is 6.70. The van der Waals surface area contributed by atoms with Crippen molar-refractivity contribution in [1.82, 2.24) is 4.31 Å². The number of benzene rings is 3. The molecule has 0 aromatic heterocycles. The molecule has 0 bridgehead atoms. The SMILES string of the molecule is COc1ccc(NC(=O)N(S)C(C(=O)Nc2ccccc2Cl)c2ccccc2)c([N+](=O)[O-])c1. The minimum Gasteiger partial charge on any atom is -0.496 e. The lowest BCUT2D eigenvalue weighted by Crippen LogP contribution is -2.38. The summed E-state index contributed by atoms with van der Waals surface area (Å²) in [5.74, 6) is -0.326. The van der Waals surface area contributed by atoms with Crippen molar-refractivity contribution in [2.24, 2.45) is 0 Å². The molecular formula is C22H19ClN4O5S. The smallest absolute Gasteiger partial charge is 0.332 e. The predicted octanol–water partition coefficient (Wildman–Crippen LogP) is 5.32. The highest BCUT2D eigenvalue weighted by atomic mass is 35.5. The number of rotatable bonds is 7. The molecule has 11 heteroatoms. The molecule has 2 N–H and O–H groups in total. The van der Waals surface area contributed by atoms with Gasteiger partial charge in [0.15, 0.2) is 0 Å². The zero-order valence-electron chi connectivity index (χ0n) is 17.3. The van der Waals surface area contributed by atoms with Crippen LogP contribution in [0.1, 0.15) is 11.6 Å². The lowest BCUT2D eigenvalue weighted by atomic mass is 10.1. The summed E-state index contributed by atoms with van der Waals surface area (Å²) in [5, 5.41) is 16.9. The first-order valence-corrected chi connectivity index (χ1v) is 10.3. The summed E-state index contributed by atoms with van der Waals surface area (Å²) in [7, 11) is 1.37. The molecule has 9 nitrogen and oxygen atoms in total. The molecule has 0 spiro atoms. The number of urea groups is 1. The summed E-state index contributed by atoms with van der Waals surface area (Å²) in [6.07, 6.45) is 0. The van der Waals surface area contributed by atoms with Crippen LogP contribution in [0, 0.1) is 10.1 Å². The third-order valence-corrected chi connectivity index (χ3v) is 5.33. The number of halogens is 1. The Hall–Kier alpha value is -3.76. The highest BCUT2D eigenvalue weighted by Gasteiger charge is 2.31. The zero-order chi connectivity index (χ0) is 24.0. The van der Waals surface area contributed by atoms with E-state index in [1.807, 2.05) is 0 Å². The summed E-state index contributed by atoms with van der Waals surface area (Å²) < 4.78 is 5.86. The third kappa shape index (κ3) is 5.73. The van der Waals surface area contributed by atoms with Crippen molar-refractivity contribution in [3.63, 3.8) is 0 Å². The lowest BCUT2D eigenvalue weighted by molar-refractivity contribution is -0.384. The number of ether oxygens (including phenoxy) is 1. The Bertz CT molecular complexity index is 1180. The van der Waals surface area contributed by atoms with Crippen LogP contribution >= 0.6 is 24.4 Å². The maximum Gasteiger partial charge on any atom is 0.332 e. The molecule has 170 valence electrons. The molecule has 0 aliphatic rings. The van der Waals surface area contributed by atoms with E-state index in [-0.39, 0.29) is 17.1 Å². The van der Waals surface area contributed by atoms with E-state index < -0.39 is 22.9 Å². The minimum absolute atomic E-state index is 0.0804. The van der Waals surface area contributed by atoms with Crippen LogP contribution in [0.4, 0.5) is 21.9 Å². The summed E-state index contributed by atoms with van der Waals surface area (Å²) in [6.45, 7) is 0. The van der Waals surface area contributed by atoms with Gasteiger partial charge in [-0.1, -0.05) is 66.9 Å². The average molecular weight is 487 g/mol. The molecule has 0 aliphatic carbocycles. The first kappa shape index (κ1) is 23.9. The normalized spacial score (nSPS) is 11.2. The second-order valence-corrected chi connectivity index (χ2v) is 7.54. The minimum atomic E-state index is -1.18. The van der Waals surface area contributed by atoms with Crippen molar-refractivity contribution in [3.8, 4) is 5.75 Å². The quantitative estimate of drug-likeness (QED) is 0.238. The van der Waals surface area contributed by atoms with Gasteiger partial charge in [0.2, 0.25) is 0 Å². The Morgan fingerprint density at radius 2 is 1.70 bits per heavy atom.